The van der Waals surface area contributed by atoms with E-state index in [1.165, 1.54) is 5.56 Å². The molecule has 6 nitrogen and oxygen atoms in total. The molecule has 0 amide bonds. The first-order valence-corrected chi connectivity index (χ1v) is 11.2. The van der Waals surface area contributed by atoms with Crippen LogP contribution in [0.1, 0.15) is 24.8 Å². The van der Waals surface area contributed by atoms with Crippen molar-refractivity contribution in [1.29, 1.82) is 0 Å². The maximum absolute atomic E-state index is 11.6. The number of nitrogens with zero attached hydrogens (tertiary/aromatic N) is 1. The summed E-state index contributed by atoms with van der Waals surface area (Å²) in [5.41, 5.74) is 1.19. The van der Waals surface area contributed by atoms with Gasteiger partial charge in [-0.1, -0.05) is 0 Å². The molecule has 0 bridgehead atoms. The largest absolute Gasteiger partial charge is 0.381 e. The van der Waals surface area contributed by atoms with Gasteiger partial charge in [-0.05, 0) is 47.6 Å². The third-order valence-corrected chi connectivity index (χ3v) is 7.02. The quantitative estimate of drug-likeness (QED) is 0.368. The Labute approximate surface area is 170 Å². The molecule has 0 aliphatic carbocycles. The van der Waals surface area contributed by atoms with Crippen molar-refractivity contribution in [2.75, 3.05) is 31.3 Å². The Morgan fingerprint density at radius 2 is 2.12 bits per heavy atom. The van der Waals surface area contributed by atoms with E-state index in [1.807, 2.05) is 5.38 Å². The minimum atomic E-state index is -2.83. The molecule has 9 heteroatoms. The summed E-state index contributed by atoms with van der Waals surface area (Å²) in [6.45, 7) is 2.83. The average Bonchev–Trinajstić information content (AvgIpc) is 3.20. The van der Waals surface area contributed by atoms with Gasteiger partial charge in [-0.2, -0.15) is 11.3 Å². The molecule has 3 heterocycles. The van der Waals surface area contributed by atoms with Crippen LogP contribution in [-0.2, 0) is 21.1 Å². The van der Waals surface area contributed by atoms with E-state index < -0.39 is 9.84 Å². The predicted molar refractivity (Wildman–Crippen MR) is 113 cm³/mol. The van der Waals surface area contributed by atoms with Gasteiger partial charge in [0.15, 0.2) is 15.8 Å². The molecule has 2 aliphatic heterocycles. The van der Waals surface area contributed by atoms with Crippen molar-refractivity contribution in [1.82, 2.24) is 10.6 Å². The first-order valence-electron chi connectivity index (χ1n) is 8.45. The summed E-state index contributed by atoms with van der Waals surface area (Å²) in [7, 11) is -2.83. The van der Waals surface area contributed by atoms with Gasteiger partial charge in [-0.3, -0.25) is 0 Å². The van der Waals surface area contributed by atoms with Crippen molar-refractivity contribution >= 4 is 51.1 Å². The monoisotopic (exact) mass is 499 g/mol. The van der Waals surface area contributed by atoms with Gasteiger partial charge in [0.25, 0.3) is 0 Å². The highest BCUT2D eigenvalue weighted by Crippen LogP contribution is 2.17. The number of hydrogen-bond donors (Lipinski definition) is 2. The molecule has 0 radical (unpaired) electrons. The Morgan fingerprint density at radius 1 is 1.32 bits per heavy atom. The lowest BCUT2D eigenvalue weighted by Gasteiger charge is -2.25. The second kappa shape index (κ2) is 10.1. The van der Waals surface area contributed by atoms with E-state index >= 15 is 0 Å². The molecule has 1 atom stereocenters. The molecular formula is C16H26IN3O3S2. The van der Waals surface area contributed by atoms with Crippen molar-refractivity contribution in [2.24, 2.45) is 10.9 Å². The topological polar surface area (TPSA) is 79.8 Å². The van der Waals surface area contributed by atoms with Crippen LogP contribution in [-0.4, -0.2) is 51.7 Å². The zero-order valence-corrected chi connectivity index (χ0v) is 18.1. The Kier molecular flexibility index (Phi) is 8.43. The van der Waals surface area contributed by atoms with E-state index in [0.29, 0.717) is 24.9 Å². The smallest absolute Gasteiger partial charge is 0.191 e. The van der Waals surface area contributed by atoms with Crippen molar-refractivity contribution in [3.05, 3.63) is 22.4 Å². The molecule has 2 saturated heterocycles. The van der Waals surface area contributed by atoms with Gasteiger partial charge in [-0.15, -0.1) is 24.0 Å². The maximum Gasteiger partial charge on any atom is 0.191 e. The molecule has 2 fully saturated rings. The molecule has 25 heavy (non-hydrogen) atoms. The first-order chi connectivity index (χ1) is 11.6. The van der Waals surface area contributed by atoms with E-state index in [2.05, 4.69) is 27.1 Å². The molecule has 1 aromatic rings. The number of thiophene rings is 1. The molecule has 0 spiro atoms. The summed E-state index contributed by atoms with van der Waals surface area (Å²) in [5, 5.41) is 11.0. The van der Waals surface area contributed by atoms with Gasteiger partial charge in [-0.25, -0.2) is 13.4 Å². The number of sulfone groups is 1. The Morgan fingerprint density at radius 3 is 2.76 bits per heavy atom. The summed E-state index contributed by atoms with van der Waals surface area (Å²) >= 11 is 1.67. The highest BCUT2D eigenvalue weighted by molar-refractivity contribution is 14.0. The lowest BCUT2D eigenvalue weighted by Crippen LogP contribution is -2.47. The van der Waals surface area contributed by atoms with Crippen molar-refractivity contribution in [2.45, 2.75) is 31.8 Å². The lowest BCUT2D eigenvalue weighted by atomic mass is 10.1. The fourth-order valence-electron chi connectivity index (χ4n) is 3.01. The maximum atomic E-state index is 11.6. The van der Waals surface area contributed by atoms with Crippen molar-refractivity contribution < 1.29 is 13.2 Å². The molecule has 2 N–H and O–H groups in total. The normalized spacial score (nSPS) is 23.8. The second-order valence-corrected chi connectivity index (χ2v) is 9.49. The number of aliphatic imine (C=N–C) groups is 1. The van der Waals surface area contributed by atoms with Crippen LogP contribution in [0.3, 0.4) is 0 Å². The highest BCUT2D eigenvalue weighted by atomic mass is 127. The van der Waals surface area contributed by atoms with Crippen LogP contribution >= 0.6 is 35.3 Å². The van der Waals surface area contributed by atoms with E-state index in [-0.39, 0.29) is 35.6 Å². The Balaban J connectivity index is 0.00000225. The Hall–Kier alpha value is -0.390. The number of hydrogen-bond acceptors (Lipinski definition) is 5. The van der Waals surface area contributed by atoms with Crippen LogP contribution in [0, 0.1) is 5.92 Å². The van der Waals surface area contributed by atoms with Crippen LogP contribution < -0.4 is 10.6 Å². The van der Waals surface area contributed by atoms with E-state index in [0.717, 1.165) is 38.4 Å². The summed E-state index contributed by atoms with van der Waals surface area (Å²) in [6, 6.07) is 2.43. The number of rotatable bonds is 5. The number of nitrogens with one attached hydrogen (secondary N) is 2. The molecule has 0 saturated carbocycles. The summed E-state index contributed by atoms with van der Waals surface area (Å²) < 4.78 is 28.6. The van der Waals surface area contributed by atoms with Crippen LogP contribution in [0.2, 0.25) is 0 Å². The minimum Gasteiger partial charge on any atom is -0.381 e. The van der Waals surface area contributed by atoms with Gasteiger partial charge in [0.1, 0.15) is 0 Å². The van der Waals surface area contributed by atoms with Gasteiger partial charge in [0.2, 0.25) is 0 Å². The van der Waals surface area contributed by atoms with Crippen LogP contribution in [0.15, 0.2) is 21.8 Å². The van der Waals surface area contributed by atoms with Gasteiger partial charge in [0, 0.05) is 25.8 Å². The molecule has 1 unspecified atom stereocenters. The molecule has 1 aromatic heterocycles. The Bertz CT molecular complexity index is 644. The van der Waals surface area contributed by atoms with Crippen LogP contribution in [0.25, 0.3) is 0 Å². The third-order valence-electron chi connectivity index (χ3n) is 4.45. The average molecular weight is 499 g/mol. The zero-order valence-electron chi connectivity index (χ0n) is 14.1. The van der Waals surface area contributed by atoms with E-state index in [1.54, 1.807) is 11.3 Å². The van der Waals surface area contributed by atoms with Gasteiger partial charge < -0.3 is 15.4 Å². The van der Waals surface area contributed by atoms with Gasteiger partial charge >= 0.3 is 0 Å². The lowest BCUT2D eigenvalue weighted by molar-refractivity contribution is 0.0822. The summed E-state index contributed by atoms with van der Waals surface area (Å²) in [5.74, 6) is 1.55. The fourth-order valence-corrected chi connectivity index (χ4v) is 5.54. The van der Waals surface area contributed by atoms with E-state index in [9.17, 15) is 8.42 Å². The SMILES string of the molecule is I.O=S1(=O)CCC(CNC(=NCc2ccsc2)NC2CCOCC2)C1. The third kappa shape index (κ3) is 7.03. The molecule has 2 aliphatic rings. The zero-order chi connectivity index (χ0) is 16.8. The van der Waals surface area contributed by atoms with Crippen molar-refractivity contribution in [3.8, 4) is 0 Å². The number of ether oxygens (including phenoxy) is 1. The highest BCUT2D eigenvalue weighted by Gasteiger charge is 2.28. The summed E-state index contributed by atoms with van der Waals surface area (Å²) in [6.07, 6.45) is 2.68. The first kappa shape index (κ1) is 20.9. The predicted octanol–water partition coefficient (Wildman–Crippen LogP) is 2.02. The molecule has 3 rings (SSSR count). The standard InChI is InChI=1S/C16H25N3O3S2.HI/c20-24(21)8-4-14(12-24)10-18-16(17-9-13-3-7-23-11-13)19-15-1-5-22-6-2-15;/h3,7,11,14-15H,1-2,4-6,8-10,12H2,(H2,17,18,19);1H. The van der Waals surface area contributed by atoms with Crippen molar-refractivity contribution in [3.63, 3.8) is 0 Å². The van der Waals surface area contributed by atoms with Crippen LogP contribution in [0.5, 0.6) is 0 Å². The number of guanidine groups is 1. The molecule has 142 valence electrons. The minimum absolute atomic E-state index is 0. The summed E-state index contributed by atoms with van der Waals surface area (Å²) in [4.78, 5) is 4.67. The number of halogens is 1. The molecule has 0 aromatic carbocycles. The van der Waals surface area contributed by atoms with E-state index in [4.69, 9.17) is 4.74 Å². The molecular weight excluding hydrogens is 473 g/mol. The van der Waals surface area contributed by atoms with Crippen LogP contribution in [0.4, 0.5) is 0 Å². The van der Waals surface area contributed by atoms with Gasteiger partial charge in [0.05, 0.1) is 18.1 Å². The fraction of sp³-hybridized carbons (Fsp3) is 0.688. The second-order valence-electron chi connectivity index (χ2n) is 6.48.